The van der Waals surface area contributed by atoms with Crippen LogP contribution in [-0.4, -0.2) is 27.5 Å². The van der Waals surface area contributed by atoms with Gasteiger partial charge in [0.05, 0.1) is 0 Å². The summed E-state index contributed by atoms with van der Waals surface area (Å²) in [4.78, 5) is 11.6. The fraction of sp³-hybridized carbons (Fsp3) is 0.167. The largest absolute Gasteiger partial charge is 0.434 e. The Hall–Kier alpha value is -2.85. The Labute approximate surface area is 160 Å². The van der Waals surface area contributed by atoms with Crippen LogP contribution in [0.1, 0.15) is 15.9 Å². The number of hydrogen-bond donors (Lipinski definition) is 2. The molecule has 0 aliphatic carbocycles. The zero-order chi connectivity index (χ0) is 20.7. The monoisotopic (exact) mass is 414 g/mol. The average molecular weight is 414 g/mol. The lowest BCUT2D eigenvalue weighted by Crippen LogP contribution is -2.26. The van der Waals surface area contributed by atoms with E-state index in [4.69, 9.17) is 0 Å². The van der Waals surface area contributed by atoms with Crippen molar-refractivity contribution in [2.24, 2.45) is 0 Å². The van der Waals surface area contributed by atoms with E-state index in [1.54, 1.807) is 6.07 Å². The fourth-order valence-electron chi connectivity index (χ4n) is 2.24. The van der Waals surface area contributed by atoms with E-state index in [9.17, 15) is 26.4 Å². The summed E-state index contributed by atoms with van der Waals surface area (Å²) >= 11 is 0. The topological polar surface area (TPSA) is 84.5 Å². The highest BCUT2D eigenvalue weighted by Gasteiger charge is 2.20. The maximum Gasteiger partial charge on any atom is 0.387 e. The number of amides is 1. The van der Waals surface area contributed by atoms with E-state index in [2.05, 4.69) is 21.4 Å². The minimum absolute atomic E-state index is 0.103. The first-order valence-electron chi connectivity index (χ1n) is 7.95. The highest BCUT2D eigenvalue weighted by atomic mass is 32.2. The number of benzene rings is 2. The molecule has 2 rings (SSSR count). The number of sulfonamides is 1. The first-order chi connectivity index (χ1) is 13.2. The molecule has 0 saturated carbocycles. The van der Waals surface area contributed by atoms with Crippen LogP contribution in [0.2, 0.25) is 0 Å². The van der Waals surface area contributed by atoms with Crippen molar-refractivity contribution in [1.82, 2.24) is 10.0 Å². The number of carbonyl (C=O) groups excluding carboxylic acids is 1. The molecule has 0 radical (unpaired) electrons. The summed E-state index contributed by atoms with van der Waals surface area (Å²) in [5.41, 5.74) is 0.173. The van der Waals surface area contributed by atoms with E-state index in [1.165, 1.54) is 24.3 Å². The third-order valence-corrected chi connectivity index (χ3v) is 4.97. The maximum atomic E-state index is 13.9. The lowest BCUT2D eigenvalue weighted by Gasteiger charge is -2.12. The van der Waals surface area contributed by atoms with Crippen LogP contribution in [-0.2, 0) is 16.6 Å². The number of nitrogens with one attached hydrogen (secondary N) is 2. The summed E-state index contributed by atoms with van der Waals surface area (Å²) in [5.74, 6) is -1.84. The van der Waals surface area contributed by atoms with Crippen LogP contribution in [0.4, 0.5) is 13.2 Å². The van der Waals surface area contributed by atoms with E-state index in [1.807, 2.05) is 0 Å². The van der Waals surface area contributed by atoms with E-state index < -0.39 is 33.3 Å². The van der Waals surface area contributed by atoms with Gasteiger partial charge in [-0.2, -0.15) is 8.78 Å². The molecule has 28 heavy (non-hydrogen) atoms. The summed E-state index contributed by atoms with van der Waals surface area (Å²) in [6.45, 7) is 0.0695. The molecule has 0 aliphatic heterocycles. The molecule has 0 spiro atoms. The Balaban J connectivity index is 2.18. The predicted octanol–water partition coefficient (Wildman–Crippen LogP) is 2.82. The van der Waals surface area contributed by atoms with E-state index in [0.29, 0.717) is 5.56 Å². The van der Waals surface area contributed by atoms with Gasteiger partial charge in [0.25, 0.3) is 5.91 Å². The van der Waals surface area contributed by atoms with Crippen molar-refractivity contribution in [3.63, 3.8) is 0 Å². The number of rotatable bonds is 9. The molecule has 2 aromatic rings. The standard InChI is InChI=1S/C18H17F3N2O4S/c1-2-9-23-28(25,26)16-10-12(7-8-14(16)19)17(24)22-11-13-5-3-4-6-15(13)27-18(20)21/h2-8,10,18,23H,1,9,11H2,(H,22,24). The number of alkyl halides is 2. The second-order valence-corrected chi connectivity index (χ2v) is 7.19. The maximum absolute atomic E-state index is 13.9. The number of hydrogen-bond acceptors (Lipinski definition) is 4. The van der Waals surface area contributed by atoms with Crippen molar-refractivity contribution in [3.8, 4) is 5.75 Å². The minimum atomic E-state index is -4.18. The van der Waals surface area contributed by atoms with Gasteiger partial charge in [0.2, 0.25) is 10.0 Å². The van der Waals surface area contributed by atoms with Gasteiger partial charge >= 0.3 is 6.61 Å². The van der Waals surface area contributed by atoms with Gasteiger partial charge in [-0.15, -0.1) is 6.58 Å². The van der Waals surface area contributed by atoms with E-state index in [0.717, 1.165) is 18.2 Å². The van der Waals surface area contributed by atoms with Crippen molar-refractivity contribution < 1.29 is 31.1 Å². The summed E-state index contributed by atoms with van der Waals surface area (Å²) in [6, 6.07) is 8.73. The second kappa shape index (κ2) is 9.38. The zero-order valence-corrected chi connectivity index (χ0v) is 15.3. The molecule has 0 fully saturated rings. The zero-order valence-electron chi connectivity index (χ0n) is 14.5. The van der Waals surface area contributed by atoms with Crippen LogP contribution in [0.25, 0.3) is 0 Å². The van der Waals surface area contributed by atoms with E-state index in [-0.39, 0.29) is 24.4 Å². The lowest BCUT2D eigenvalue weighted by molar-refractivity contribution is -0.0504. The first-order valence-corrected chi connectivity index (χ1v) is 9.44. The number of ether oxygens (including phenoxy) is 1. The van der Waals surface area contributed by atoms with Gasteiger partial charge in [-0.05, 0) is 24.3 Å². The van der Waals surface area contributed by atoms with Crippen molar-refractivity contribution in [2.45, 2.75) is 18.1 Å². The van der Waals surface area contributed by atoms with Crippen molar-refractivity contribution in [2.75, 3.05) is 6.54 Å². The quantitative estimate of drug-likeness (QED) is 0.618. The molecule has 0 aromatic heterocycles. The summed E-state index contributed by atoms with van der Waals surface area (Å²) < 4.78 is 69.5. The summed E-state index contributed by atoms with van der Waals surface area (Å²) in [5, 5.41) is 2.45. The Morgan fingerprint density at radius 2 is 1.93 bits per heavy atom. The number of halogens is 3. The highest BCUT2D eigenvalue weighted by Crippen LogP contribution is 2.21. The van der Waals surface area contributed by atoms with Gasteiger partial charge in [0.1, 0.15) is 16.5 Å². The normalized spacial score (nSPS) is 11.3. The number of para-hydroxylation sites is 1. The molecule has 0 atom stereocenters. The van der Waals surface area contributed by atoms with Crippen LogP contribution in [0, 0.1) is 5.82 Å². The van der Waals surface area contributed by atoms with Crippen LogP contribution >= 0.6 is 0 Å². The van der Waals surface area contributed by atoms with Crippen molar-refractivity contribution in [3.05, 3.63) is 72.1 Å². The highest BCUT2D eigenvalue weighted by molar-refractivity contribution is 7.89. The molecule has 2 aromatic carbocycles. The molecule has 10 heteroatoms. The van der Waals surface area contributed by atoms with Crippen LogP contribution in [0.3, 0.4) is 0 Å². The smallest absolute Gasteiger partial charge is 0.387 e. The molecular weight excluding hydrogens is 397 g/mol. The van der Waals surface area contributed by atoms with Crippen molar-refractivity contribution >= 4 is 15.9 Å². The Kier molecular flexibility index (Phi) is 7.18. The summed E-state index contributed by atoms with van der Waals surface area (Å²) in [6.07, 6.45) is 1.28. The third kappa shape index (κ3) is 5.57. The Morgan fingerprint density at radius 1 is 1.21 bits per heavy atom. The molecule has 0 saturated heterocycles. The molecule has 1 amide bonds. The summed E-state index contributed by atoms with van der Waals surface area (Å²) in [7, 11) is -4.18. The first kappa shape index (κ1) is 21.5. The molecule has 0 heterocycles. The van der Waals surface area contributed by atoms with Gasteiger partial charge in [-0.3, -0.25) is 4.79 Å². The SMILES string of the molecule is C=CCNS(=O)(=O)c1cc(C(=O)NCc2ccccc2OC(F)F)ccc1F. The molecule has 0 aliphatic rings. The minimum Gasteiger partial charge on any atom is -0.434 e. The van der Waals surface area contributed by atoms with Gasteiger partial charge in [-0.1, -0.05) is 24.3 Å². The second-order valence-electron chi connectivity index (χ2n) is 5.45. The third-order valence-electron chi connectivity index (χ3n) is 3.53. The molecule has 6 nitrogen and oxygen atoms in total. The Bertz CT molecular complexity index is 965. The number of carbonyl (C=O) groups is 1. The van der Waals surface area contributed by atoms with E-state index >= 15 is 0 Å². The van der Waals surface area contributed by atoms with Crippen LogP contribution in [0.5, 0.6) is 5.75 Å². The predicted molar refractivity (Wildman–Crippen MR) is 96.0 cm³/mol. The van der Waals surface area contributed by atoms with Gasteiger partial charge in [0.15, 0.2) is 0 Å². The van der Waals surface area contributed by atoms with Crippen molar-refractivity contribution in [1.29, 1.82) is 0 Å². The van der Waals surface area contributed by atoms with Crippen LogP contribution < -0.4 is 14.8 Å². The molecule has 150 valence electrons. The molecule has 0 bridgehead atoms. The van der Waals surface area contributed by atoms with Gasteiger partial charge in [0, 0.05) is 24.2 Å². The van der Waals surface area contributed by atoms with Gasteiger partial charge in [-0.25, -0.2) is 17.5 Å². The molecule has 0 unspecified atom stereocenters. The molecule has 2 N–H and O–H groups in total. The fourth-order valence-corrected chi connectivity index (χ4v) is 3.33. The molecular formula is C18H17F3N2O4S. The Morgan fingerprint density at radius 3 is 2.61 bits per heavy atom. The lowest BCUT2D eigenvalue weighted by atomic mass is 10.1. The van der Waals surface area contributed by atoms with Gasteiger partial charge < -0.3 is 10.1 Å². The average Bonchev–Trinajstić information content (AvgIpc) is 2.65. The van der Waals surface area contributed by atoms with Crippen LogP contribution in [0.15, 0.2) is 60.0 Å².